The van der Waals surface area contributed by atoms with E-state index in [4.69, 9.17) is 22.1 Å². The van der Waals surface area contributed by atoms with Crippen LogP contribution in [0.2, 0.25) is 5.02 Å². The van der Waals surface area contributed by atoms with Gasteiger partial charge in [-0.1, -0.05) is 35.9 Å². The van der Waals surface area contributed by atoms with Gasteiger partial charge in [-0.2, -0.15) is 0 Å². The molecule has 20 heavy (non-hydrogen) atoms. The Bertz CT molecular complexity index is 581. The Morgan fingerprint density at radius 3 is 2.65 bits per heavy atom. The van der Waals surface area contributed by atoms with Gasteiger partial charge in [0.15, 0.2) is 0 Å². The van der Waals surface area contributed by atoms with E-state index >= 15 is 0 Å². The topological polar surface area (TPSA) is 35.2 Å². The molecule has 2 aromatic rings. The van der Waals surface area contributed by atoms with Gasteiger partial charge in [0.25, 0.3) is 0 Å². The molecule has 0 atom stereocenters. The van der Waals surface area contributed by atoms with Crippen LogP contribution in [0.1, 0.15) is 16.7 Å². The molecule has 0 radical (unpaired) electrons. The molecular formula is C16H17ClFNO. The molecule has 0 aliphatic carbocycles. The number of aryl methyl sites for hydroxylation is 1. The van der Waals surface area contributed by atoms with Crippen molar-refractivity contribution < 1.29 is 9.13 Å². The van der Waals surface area contributed by atoms with Crippen LogP contribution in [0.25, 0.3) is 0 Å². The number of nitrogens with two attached hydrogens (primary N) is 1. The average Bonchev–Trinajstić information content (AvgIpc) is 2.41. The molecule has 106 valence electrons. The molecule has 0 unspecified atom stereocenters. The largest absolute Gasteiger partial charge is 0.488 e. The van der Waals surface area contributed by atoms with Crippen molar-refractivity contribution in [2.45, 2.75) is 20.0 Å². The van der Waals surface area contributed by atoms with E-state index in [9.17, 15) is 4.39 Å². The molecule has 0 aromatic heterocycles. The molecule has 2 N–H and O–H groups in total. The lowest BCUT2D eigenvalue weighted by Crippen LogP contribution is -2.07. The molecule has 0 saturated heterocycles. The van der Waals surface area contributed by atoms with Crippen molar-refractivity contribution in [3.63, 3.8) is 0 Å². The van der Waals surface area contributed by atoms with E-state index in [1.807, 2.05) is 25.1 Å². The highest BCUT2D eigenvalue weighted by Gasteiger charge is 2.11. The quantitative estimate of drug-likeness (QED) is 0.908. The van der Waals surface area contributed by atoms with Crippen LogP contribution in [0.5, 0.6) is 5.75 Å². The van der Waals surface area contributed by atoms with Crippen molar-refractivity contribution in [2.24, 2.45) is 5.73 Å². The summed E-state index contributed by atoms with van der Waals surface area (Å²) < 4.78 is 19.5. The number of hydrogen-bond donors (Lipinski definition) is 1. The van der Waals surface area contributed by atoms with Crippen LogP contribution in [0.3, 0.4) is 0 Å². The molecule has 0 heterocycles. The van der Waals surface area contributed by atoms with E-state index in [1.54, 1.807) is 12.1 Å². The fourth-order valence-electron chi connectivity index (χ4n) is 2.09. The lowest BCUT2D eigenvalue weighted by atomic mass is 10.1. The number of rotatable bonds is 5. The minimum atomic E-state index is -0.355. The summed E-state index contributed by atoms with van der Waals surface area (Å²) in [5, 5.41) is 0.374. The summed E-state index contributed by atoms with van der Waals surface area (Å²) in [4.78, 5) is 0. The van der Waals surface area contributed by atoms with Crippen LogP contribution in [0, 0.1) is 12.7 Å². The maximum Gasteiger partial charge on any atom is 0.131 e. The van der Waals surface area contributed by atoms with Gasteiger partial charge in [0, 0.05) is 5.56 Å². The normalized spacial score (nSPS) is 10.6. The Labute approximate surface area is 123 Å². The van der Waals surface area contributed by atoms with Crippen LogP contribution >= 0.6 is 11.6 Å². The molecule has 0 aliphatic rings. The minimum Gasteiger partial charge on any atom is -0.488 e. The van der Waals surface area contributed by atoms with Gasteiger partial charge < -0.3 is 10.5 Å². The third-order valence-corrected chi connectivity index (χ3v) is 3.48. The van der Waals surface area contributed by atoms with E-state index < -0.39 is 0 Å². The first-order valence-electron chi connectivity index (χ1n) is 6.47. The van der Waals surface area contributed by atoms with Gasteiger partial charge >= 0.3 is 0 Å². The number of ether oxygens (including phenoxy) is 1. The minimum absolute atomic E-state index is 0.105. The van der Waals surface area contributed by atoms with Crippen LogP contribution in [0.15, 0.2) is 36.4 Å². The molecule has 0 aliphatic heterocycles. The van der Waals surface area contributed by atoms with Crippen molar-refractivity contribution in [3.05, 3.63) is 63.9 Å². The van der Waals surface area contributed by atoms with E-state index in [2.05, 4.69) is 0 Å². The summed E-state index contributed by atoms with van der Waals surface area (Å²) in [6.07, 6.45) is 0.724. The summed E-state index contributed by atoms with van der Waals surface area (Å²) in [7, 11) is 0. The number of benzene rings is 2. The van der Waals surface area contributed by atoms with Crippen molar-refractivity contribution in [1.82, 2.24) is 0 Å². The Balaban J connectivity index is 2.23. The molecule has 4 heteroatoms. The maximum atomic E-state index is 13.7. The van der Waals surface area contributed by atoms with E-state index in [-0.39, 0.29) is 12.4 Å². The van der Waals surface area contributed by atoms with Crippen molar-refractivity contribution in [1.29, 1.82) is 0 Å². The molecule has 0 saturated carbocycles. The summed E-state index contributed by atoms with van der Waals surface area (Å²) in [6.45, 7) is 2.60. The van der Waals surface area contributed by atoms with Gasteiger partial charge in [0.2, 0.25) is 0 Å². The van der Waals surface area contributed by atoms with E-state index in [0.717, 1.165) is 23.3 Å². The average molecular weight is 294 g/mol. The molecule has 0 spiro atoms. The van der Waals surface area contributed by atoms with Crippen molar-refractivity contribution in [2.75, 3.05) is 6.54 Å². The molecule has 2 aromatic carbocycles. The second-order valence-electron chi connectivity index (χ2n) is 4.59. The van der Waals surface area contributed by atoms with Gasteiger partial charge in [0.1, 0.15) is 18.2 Å². The third-order valence-electron chi connectivity index (χ3n) is 3.13. The number of para-hydroxylation sites is 1. The summed E-state index contributed by atoms with van der Waals surface area (Å²) in [5.74, 6) is 0.406. The fourth-order valence-corrected chi connectivity index (χ4v) is 2.30. The van der Waals surface area contributed by atoms with Gasteiger partial charge in [-0.3, -0.25) is 0 Å². The lowest BCUT2D eigenvalue weighted by Gasteiger charge is -2.14. The summed E-state index contributed by atoms with van der Waals surface area (Å²) in [5.41, 5.74) is 8.00. The fraction of sp³-hybridized carbons (Fsp3) is 0.250. The van der Waals surface area contributed by atoms with Crippen LogP contribution in [-0.4, -0.2) is 6.54 Å². The highest BCUT2D eigenvalue weighted by Crippen LogP contribution is 2.27. The highest BCUT2D eigenvalue weighted by atomic mass is 35.5. The van der Waals surface area contributed by atoms with Crippen LogP contribution < -0.4 is 10.5 Å². The zero-order valence-corrected chi connectivity index (χ0v) is 12.1. The van der Waals surface area contributed by atoms with Gasteiger partial charge in [-0.25, -0.2) is 4.39 Å². The molecule has 2 rings (SSSR count). The van der Waals surface area contributed by atoms with Gasteiger partial charge in [0.05, 0.1) is 5.02 Å². The summed E-state index contributed by atoms with van der Waals surface area (Å²) >= 11 is 6.00. The van der Waals surface area contributed by atoms with Crippen molar-refractivity contribution in [3.8, 4) is 5.75 Å². The predicted molar refractivity (Wildman–Crippen MR) is 79.7 cm³/mol. The third kappa shape index (κ3) is 3.30. The highest BCUT2D eigenvalue weighted by molar-refractivity contribution is 6.31. The molecule has 0 fully saturated rings. The van der Waals surface area contributed by atoms with Crippen LogP contribution in [-0.2, 0) is 13.0 Å². The van der Waals surface area contributed by atoms with E-state index in [0.29, 0.717) is 17.1 Å². The van der Waals surface area contributed by atoms with Crippen molar-refractivity contribution >= 4 is 11.6 Å². The molecule has 0 bridgehead atoms. The summed E-state index contributed by atoms with van der Waals surface area (Å²) in [6, 6.07) is 10.5. The zero-order valence-electron chi connectivity index (χ0n) is 11.3. The molecular weight excluding hydrogens is 277 g/mol. The zero-order chi connectivity index (χ0) is 14.5. The Morgan fingerprint density at radius 2 is 1.95 bits per heavy atom. The Hall–Kier alpha value is -1.58. The first kappa shape index (κ1) is 14.8. The Kier molecular flexibility index (Phi) is 4.99. The predicted octanol–water partition coefficient (Wildman–Crippen LogP) is 3.87. The smallest absolute Gasteiger partial charge is 0.131 e. The monoisotopic (exact) mass is 293 g/mol. The standard InChI is InChI=1S/C16H17ClFNO/c1-11-4-2-5-12(8-9-19)16(11)20-10-13-14(17)6-3-7-15(13)18/h2-7H,8-10,19H2,1H3. The first-order valence-corrected chi connectivity index (χ1v) is 6.85. The number of hydrogen-bond acceptors (Lipinski definition) is 2. The number of halogens is 2. The second kappa shape index (κ2) is 6.73. The molecule has 2 nitrogen and oxygen atoms in total. The lowest BCUT2D eigenvalue weighted by molar-refractivity contribution is 0.295. The van der Waals surface area contributed by atoms with Gasteiger partial charge in [-0.15, -0.1) is 0 Å². The molecule has 0 amide bonds. The Morgan fingerprint density at radius 1 is 1.20 bits per heavy atom. The van der Waals surface area contributed by atoms with Crippen LogP contribution in [0.4, 0.5) is 4.39 Å². The second-order valence-corrected chi connectivity index (χ2v) is 5.00. The van der Waals surface area contributed by atoms with E-state index in [1.165, 1.54) is 6.07 Å². The maximum absolute atomic E-state index is 13.7. The first-order chi connectivity index (χ1) is 9.63. The SMILES string of the molecule is Cc1cccc(CCN)c1OCc1c(F)cccc1Cl. The van der Waals surface area contributed by atoms with Gasteiger partial charge in [-0.05, 0) is 43.1 Å².